The molecule has 15 heavy (non-hydrogen) atoms. The summed E-state index contributed by atoms with van der Waals surface area (Å²) in [7, 11) is 4.17. The van der Waals surface area contributed by atoms with E-state index in [1.807, 2.05) is 18.8 Å². The highest BCUT2D eigenvalue weighted by Crippen LogP contribution is 2.19. The van der Waals surface area contributed by atoms with E-state index >= 15 is 0 Å². The molecule has 1 N–H and O–H groups in total. The van der Waals surface area contributed by atoms with Gasteiger partial charge in [-0.15, -0.1) is 0 Å². The van der Waals surface area contributed by atoms with E-state index in [9.17, 15) is 0 Å². The summed E-state index contributed by atoms with van der Waals surface area (Å²) in [5.41, 5.74) is 0. The Balaban J connectivity index is 2.12. The van der Waals surface area contributed by atoms with Crippen molar-refractivity contribution < 1.29 is 4.74 Å². The van der Waals surface area contributed by atoms with Gasteiger partial charge in [0, 0.05) is 25.4 Å². The maximum absolute atomic E-state index is 5.94. The molecule has 1 heterocycles. The van der Waals surface area contributed by atoms with Gasteiger partial charge in [0.25, 0.3) is 0 Å². The Hall–Kier alpha value is 0.230. The highest BCUT2D eigenvalue weighted by Gasteiger charge is 2.25. The molecule has 2 unspecified atom stereocenters. The number of hydrogen-bond acceptors (Lipinski definition) is 4. The van der Waals surface area contributed by atoms with Crippen LogP contribution in [-0.2, 0) is 4.74 Å². The fourth-order valence-corrected chi connectivity index (χ4v) is 2.47. The second-order valence-corrected chi connectivity index (χ2v) is 5.26. The molecule has 0 bridgehead atoms. The lowest BCUT2D eigenvalue weighted by atomic mass is 10.2. The van der Waals surface area contributed by atoms with E-state index in [0.717, 1.165) is 19.6 Å². The van der Waals surface area contributed by atoms with E-state index < -0.39 is 0 Å². The number of nitrogens with one attached hydrogen (secondary N) is 1. The summed E-state index contributed by atoms with van der Waals surface area (Å²) in [4.78, 5) is 2.38. The molecule has 1 saturated heterocycles. The van der Waals surface area contributed by atoms with Crippen LogP contribution >= 0.6 is 11.8 Å². The summed E-state index contributed by atoms with van der Waals surface area (Å²) in [5, 5.41) is 3.18. The third kappa shape index (κ3) is 5.20. The molecule has 0 saturated carbocycles. The van der Waals surface area contributed by atoms with Gasteiger partial charge in [-0.25, -0.2) is 0 Å². The van der Waals surface area contributed by atoms with Gasteiger partial charge in [0.2, 0.25) is 0 Å². The van der Waals surface area contributed by atoms with Gasteiger partial charge >= 0.3 is 0 Å². The molecule has 90 valence electrons. The summed E-state index contributed by atoms with van der Waals surface area (Å²) in [6.07, 6.45) is 5.48. The van der Waals surface area contributed by atoms with Gasteiger partial charge in [-0.05, 0) is 33.2 Å². The van der Waals surface area contributed by atoms with Crippen LogP contribution in [0.3, 0.4) is 0 Å². The first-order chi connectivity index (χ1) is 7.26. The van der Waals surface area contributed by atoms with Crippen LogP contribution < -0.4 is 5.32 Å². The smallest absolute Gasteiger partial charge is 0.0707 e. The normalized spacial score (nSPS) is 26.4. The molecular weight excluding hydrogens is 208 g/mol. The Morgan fingerprint density at radius 2 is 2.13 bits per heavy atom. The van der Waals surface area contributed by atoms with Crippen LogP contribution in [0.2, 0.25) is 0 Å². The molecule has 0 amide bonds. The molecule has 0 aliphatic carbocycles. The zero-order valence-electron chi connectivity index (χ0n) is 10.2. The topological polar surface area (TPSA) is 24.5 Å². The number of ether oxygens (including phenoxy) is 1. The average molecular weight is 232 g/mol. The van der Waals surface area contributed by atoms with E-state index in [0.29, 0.717) is 12.2 Å². The molecule has 0 aromatic carbocycles. The van der Waals surface area contributed by atoms with Crippen molar-refractivity contribution in [2.24, 2.45) is 0 Å². The Labute approximate surface area is 97.9 Å². The molecule has 2 atom stereocenters. The third-order valence-electron chi connectivity index (χ3n) is 2.82. The van der Waals surface area contributed by atoms with Crippen molar-refractivity contribution in [3.8, 4) is 0 Å². The van der Waals surface area contributed by atoms with Crippen LogP contribution in [0.15, 0.2) is 0 Å². The lowest BCUT2D eigenvalue weighted by Crippen LogP contribution is -2.32. The Kier molecular flexibility index (Phi) is 6.64. The van der Waals surface area contributed by atoms with E-state index in [2.05, 4.69) is 23.5 Å². The molecule has 0 aromatic rings. The number of nitrogens with zero attached hydrogens (tertiary/aromatic N) is 1. The van der Waals surface area contributed by atoms with Crippen molar-refractivity contribution in [1.82, 2.24) is 10.2 Å². The number of hydrogen-bond donors (Lipinski definition) is 1. The van der Waals surface area contributed by atoms with Gasteiger partial charge < -0.3 is 15.0 Å². The van der Waals surface area contributed by atoms with Gasteiger partial charge in [0.05, 0.1) is 12.2 Å². The van der Waals surface area contributed by atoms with Crippen LogP contribution in [0.5, 0.6) is 0 Å². The van der Waals surface area contributed by atoms with E-state index in [1.165, 1.54) is 18.6 Å². The lowest BCUT2D eigenvalue weighted by molar-refractivity contribution is 0.0297. The quantitative estimate of drug-likeness (QED) is 0.709. The minimum absolute atomic E-state index is 0.439. The molecular formula is C11H24N2OS. The largest absolute Gasteiger partial charge is 0.372 e. The Bertz CT molecular complexity index is 169. The summed E-state index contributed by atoms with van der Waals surface area (Å²) < 4.78 is 5.94. The SMILES string of the molecule is CNCC1CCC(CN(C)CCSC)O1. The highest BCUT2D eigenvalue weighted by atomic mass is 32.2. The first-order valence-corrected chi connectivity index (χ1v) is 7.13. The second-order valence-electron chi connectivity index (χ2n) is 4.27. The number of thioether (sulfide) groups is 1. The Morgan fingerprint density at radius 3 is 2.80 bits per heavy atom. The molecule has 0 spiro atoms. The van der Waals surface area contributed by atoms with Crippen molar-refractivity contribution in [3.63, 3.8) is 0 Å². The lowest BCUT2D eigenvalue weighted by Gasteiger charge is -2.21. The van der Waals surface area contributed by atoms with Crippen molar-refractivity contribution in [2.45, 2.75) is 25.0 Å². The number of likely N-dealkylation sites (N-methyl/N-ethyl adjacent to an activating group) is 2. The average Bonchev–Trinajstić information content (AvgIpc) is 2.63. The second kappa shape index (κ2) is 7.49. The van der Waals surface area contributed by atoms with Gasteiger partial charge in [-0.2, -0.15) is 11.8 Å². The van der Waals surface area contributed by atoms with Crippen LogP contribution in [0.1, 0.15) is 12.8 Å². The summed E-state index contributed by atoms with van der Waals surface area (Å²) >= 11 is 1.90. The molecule has 4 heteroatoms. The molecule has 3 nitrogen and oxygen atoms in total. The van der Waals surface area contributed by atoms with Crippen LogP contribution in [-0.4, -0.2) is 62.8 Å². The highest BCUT2D eigenvalue weighted by molar-refractivity contribution is 7.98. The zero-order chi connectivity index (χ0) is 11.1. The molecule has 0 aromatic heterocycles. The standard InChI is InChI=1S/C11H24N2OS/c1-12-8-10-4-5-11(14-10)9-13(2)6-7-15-3/h10-12H,4-9H2,1-3H3. The number of rotatable bonds is 7. The van der Waals surface area contributed by atoms with Crippen LogP contribution in [0, 0.1) is 0 Å². The van der Waals surface area contributed by atoms with Crippen molar-refractivity contribution >= 4 is 11.8 Å². The maximum atomic E-state index is 5.94. The van der Waals surface area contributed by atoms with Crippen molar-refractivity contribution in [1.29, 1.82) is 0 Å². The summed E-state index contributed by atoms with van der Waals surface area (Å²) in [5.74, 6) is 1.21. The minimum Gasteiger partial charge on any atom is -0.372 e. The minimum atomic E-state index is 0.439. The molecule has 1 rings (SSSR count). The van der Waals surface area contributed by atoms with Crippen LogP contribution in [0.25, 0.3) is 0 Å². The maximum Gasteiger partial charge on any atom is 0.0707 e. The van der Waals surface area contributed by atoms with Crippen LogP contribution in [0.4, 0.5) is 0 Å². The zero-order valence-corrected chi connectivity index (χ0v) is 11.0. The molecule has 1 aliphatic rings. The molecule has 1 fully saturated rings. The Morgan fingerprint density at radius 1 is 1.40 bits per heavy atom. The van der Waals surface area contributed by atoms with Gasteiger partial charge in [-0.1, -0.05) is 0 Å². The first-order valence-electron chi connectivity index (χ1n) is 5.73. The predicted molar refractivity (Wildman–Crippen MR) is 67.7 cm³/mol. The fraction of sp³-hybridized carbons (Fsp3) is 1.00. The van der Waals surface area contributed by atoms with E-state index in [1.54, 1.807) is 0 Å². The van der Waals surface area contributed by atoms with Gasteiger partial charge in [0.1, 0.15) is 0 Å². The summed E-state index contributed by atoms with van der Waals surface area (Å²) in [6.45, 7) is 3.24. The monoisotopic (exact) mass is 232 g/mol. The summed E-state index contributed by atoms with van der Waals surface area (Å²) in [6, 6.07) is 0. The predicted octanol–water partition coefficient (Wildman–Crippen LogP) is 1.05. The first kappa shape index (κ1) is 13.3. The third-order valence-corrected chi connectivity index (χ3v) is 3.41. The fourth-order valence-electron chi connectivity index (χ4n) is 1.98. The van der Waals surface area contributed by atoms with Gasteiger partial charge in [-0.3, -0.25) is 0 Å². The van der Waals surface area contributed by atoms with E-state index in [-0.39, 0.29) is 0 Å². The van der Waals surface area contributed by atoms with Crippen molar-refractivity contribution in [3.05, 3.63) is 0 Å². The molecule has 1 aliphatic heterocycles. The molecule has 0 radical (unpaired) electrons. The van der Waals surface area contributed by atoms with Crippen molar-refractivity contribution in [2.75, 3.05) is 45.7 Å². The van der Waals surface area contributed by atoms with Gasteiger partial charge in [0.15, 0.2) is 0 Å². The van der Waals surface area contributed by atoms with E-state index in [4.69, 9.17) is 4.74 Å².